The molecule has 0 unspecified atom stereocenters. The molecule has 0 heteroatoms. The van der Waals surface area contributed by atoms with Gasteiger partial charge in [-0.05, 0) is 47.2 Å². The molecule has 0 atom stereocenters. The van der Waals surface area contributed by atoms with Gasteiger partial charge in [0, 0.05) is 0 Å². The molecule has 63 valence electrons. The first-order chi connectivity index (χ1) is 6.45. The minimum absolute atomic E-state index is 1.24. The van der Waals surface area contributed by atoms with Crippen LogP contribution < -0.4 is 0 Å². The lowest BCUT2D eigenvalue weighted by atomic mass is 9.89. The van der Waals surface area contributed by atoms with Gasteiger partial charge in [-0.25, -0.2) is 0 Å². The van der Waals surface area contributed by atoms with E-state index in [0.29, 0.717) is 0 Å². The summed E-state index contributed by atoms with van der Waals surface area (Å²) in [5, 5.41) is 2.76. The molecule has 0 saturated carbocycles. The Hall–Kier alpha value is -1.30. The van der Waals surface area contributed by atoms with E-state index in [2.05, 4.69) is 30.3 Å². The average molecular weight is 167 g/mol. The van der Waals surface area contributed by atoms with E-state index in [1.807, 2.05) is 6.07 Å². The predicted octanol–water partition coefficient (Wildman–Crippen LogP) is 3.13. The van der Waals surface area contributed by atoms with Crippen LogP contribution in [-0.2, 0) is 12.8 Å². The van der Waals surface area contributed by atoms with Gasteiger partial charge in [-0.3, -0.25) is 0 Å². The van der Waals surface area contributed by atoms with E-state index in [1.54, 1.807) is 0 Å². The van der Waals surface area contributed by atoms with Crippen LogP contribution >= 0.6 is 0 Å². The molecule has 1 radical (unpaired) electrons. The fourth-order valence-electron chi connectivity index (χ4n) is 2.30. The third-order valence-electron chi connectivity index (χ3n) is 2.89. The lowest BCUT2D eigenvalue weighted by molar-refractivity contribution is 0.808. The summed E-state index contributed by atoms with van der Waals surface area (Å²) in [7, 11) is 0. The Labute approximate surface area is 78.2 Å². The van der Waals surface area contributed by atoms with Crippen molar-refractivity contribution in [3.05, 3.63) is 47.5 Å². The van der Waals surface area contributed by atoms with Gasteiger partial charge in [0.2, 0.25) is 0 Å². The van der Waals surface area contributed by atoms with Crippen molar-refractivity contribution in [3.63, 3.8) is 0 Å². The van der Waals surface area contributed by atoms with Crippen LogP contribution in [-0.4, -0.2) is 0 Å². The molecule has 0 heterocycles. The molecule has 3 rings (SSSR count). The minimum atomic E-state index is 1.24. The van der Waals surface area contributed by atoms with Crippen molar-refractivity contribution in [1.29, 1.82) is 0 Å². The molecule has 0 nitrogen and oxygen atoms in total. The Morgan fingerprint density at radius 2 is 1.85 bits per heavy atom. The molecule has 0 amide bonds. The van der Waals surface area contributed by atoms with Crippen LogP contribution in [0.2, 0.25) is 0 Å². The molecule has 1 aliphatic rings. The molecule has 0 bridgehead atoms. The van der Waals surface area contributed by atoms with Crippen LogP contribution in [0.25, 0.3) is 10.8 Å². The molecule has 2 aromatic rings. The summed E-state index contributed by atoms with van der Waals surface area (Å²) in [5.74, 6) is 0. The summed E-state index contributed by atoms with van der Waals surface area (Å²) in [4.78, 5) is 0. The number of aryl methyl sites for hydroxylation is 2. The first kappa shape index (κ1) is 7.14. The fourth-order valence-corrected chi connectivity index (χ4v) is 2.30. The summed E-state index contributed by atoms with van der Waals surface area (Å²) in [6.07, 6.45) is 3.78. The Balaban J connectivity index is 2.49. The van der Waals surface area contributed by atoms with Gasteiger partial charge in [0.25, 0.3) is 0 Å². The number of hydrogen-bond acceptors (Lipinski definition) is 0. The quantitative estimate of drug-likeness (QED) is 0.565. The van der Waals surface area contributed by atoms with Crippen LogP contribution in [0.3, 0.4) is 0 Å². The molecule has 0 fully saturated rings. The second-order valence-electron chi connectivity index (χ2n) is 3.70. The van der Waals surface area contributed by atoms with Crippen molar-refractivity contribution >= 4 is 10.8 Å². The third kappa shape index (κ3) is 0.983. The summed E-state index contributed by atoms with van der Waals surface area (Å²) in [5.41, 5.74) is 3.02. The average Bonchev–Trinajstić information content (AvgIpc) is 2.19. The van der Waals surface area contributed by atoms with Gasteiger partial charge in [-0.2, -0.15) is 0 Å². The van der Waals surface area contributed by atoms with Crippen LogP contribution in [0, 0.1) is 6.07 Å². The van der Waals surface area contributed by atoms with Crippen LogP contribution in [0.5, 0.6) is 0 Å². The maximum atomic E-state index is 3.30. The number of rotatable bonds is 0. The van der Waals surface area contributed by atoms with E-state index < -0.39 is 0 Å². The zero-order valence-electron chi connectivity index (χ0n) is 7.51. The van der Waals surface area contributed by atoms with E-state index >= 15 is 0 Å². The molecule has 0 N–H and O–H groups in total. The second kappa shape index (κ2) is 2.59. The molecular weight excluding hydrogens is 156 g/mol. The van der Waals surface area contributed by atoms with E-state index in [9.17, 15) is 0 Å². The zero-order valence-corrected chi connectivity index (χ0v) is 7.51. The minimum Gasteiger partial charge on any atom is -0.0613 e. The smallest absolute Gasteiger partial charge is 0.00989 e. The molecule has 13 heavy (non-hydrogen) atoms. The van der Waals surface area contributed by atoms with Gasteiger partial charge in [-0.1, -0.05) is 30.3 Å². The Morgan fingerprint density at radius 3 is 2.77 bits per heavy atom. The summed E-state index contributed by atoms with van der Waals surface area (Å²) in [6, 6.07) is 14.1. The van der Waals surface area contributed by atoms with Gasteiger partial charge in [0.1, 0.15) is 0 Å². The fraction of sp³-hybridized carbons (Fsp3) is 0.231. The molecule has 1 aliphatic carbocycles. The Kier molecular flexibility index (Phi) is 1.42. The van der Waals surface area contributed by atoms with Crippen LogP contribution in [0.15, 0.2) is 30.3 Å². The largest absolute Gasteiger partial charge is 0.0613 e. The lowest BCUT2D eigenvalue weighted by Crippen LogP contribution is -2.00. The Morgan fingerprint density at radius 1 is 1.00 bits per heavy atom. The lowest BCUT2D eigenvalue weighted by Gasteiger charge is -2.16. The van der Waals surface area contributed by atoms with Gasteiger partial charge >= 0.3 is 0 Å². The summed E-state index contributed by atoms with van der Waals surface area (Å²) < 4.78 is 0. The number of benzene rings is 2. The normalized spacial score (nSPS) is 14.8. The number of hydrogen-bond donors (Lipinski definition) is 0. The van der Waals surface area contributed by atoms with Crippen molar-refractivity contribution in [2.45, 2.75) is 19.3 Å². The first-order valence-electron chi connectivity index (χ1n) is 4.86. The Bertz CT molecular complexity index is 416. The van der Waals surface area contributed by atoms with E-state index in [0.717, 1.165) is 0 Å². The first-order valence-corrected chi connectivity index (χ1v) is 4.86. The SMILES string of the molecule is [c]1ccc2c3c(cccc13)CCC2. The molecular formula is C13H11. The maximum Gasteiger partial charge on any atom is -0.00989 e. The third-order valence-corrected chi connectivity index (χ3v) is 2.89. The van der Waals surface area contributed by atoms with Gasteiger partial charge in [0.15, 0.2) is 0 Å². The standard InChI is InChI=1S/C13H11/c1-4-10-6-2-8-12-9-3-7-11(5-1)13(10)12/h1-2,4-5,8H,3,7,9H2. The van der Waals surface area contributed by atoms with Crippen molar-refractivity contribution in [3.8, 4) is 0 Å². The highest BCUT2D eigenvalue weighted by Gasteiger charge is 2.10. The molecule has 0 aromatic heterocycles. The van der Waals surface area contributed by atoms with Gasteiger partial charge < -0.3 is 0 Å². The summed E-state index contributed by atoms with van der Waals surface area (Å²) >= 11 is 0. The van der Waals surface area contributed by atoms with Gasteiger partial charge in [-0.15, -0.1) is 0 Å². The van der Waals surface area contributed by atoms with E-state index in [-0.39, 0.29) is 0 Å². The topological polar surface area (TPSA) is 0 Å². The van der Waals surface area contributed by atoms with Crippen LogP contribution in [0.4, 0.5) is 0 Å². The maximum absolute atomic E-state index is 3.30. The highest BCUT2D eigenvalue weighted by Crippen LogP contribution is 2.28. The molecule has 0 aliphatic heterocycles. The van der Waals surface area contributed by atoms with Crippen molar-refractivity contribution in [2.24, 2.45) is 0 Å². The molecule has 0 saturated heterocycles. The van der Waals surface area contributed by atoms with E-state index in [4.69, 9.17) is 0 Å². The highest BCUT2D eigenvalue weighted by molar-refractivity contribution is 5.89. The predicted molar refractivity (Wildman–Crippen MR) is 54.8 cm³/mol. The van der Waals surface area contributed by atoms with Gasteiger partial charge in [0.05, 0.1) is 0 Å². The van der Waals surface area contributed by atoms with Crippen molar-refractivity contribution < 1.29 is 0 Å². The highest BCUT2D eigenvalue weighted by atomic mass is 14.1. The van der Waals surface area contributed by atoms with Crippen molar-refractivity contribution in [1.82, 2.24) is 0 Å². The second-order valence-corrected chi connectivity index (χ2v) is 3.70. The van der Waals surface area contributed by atoms with E-state index in [1.165, 1.54) is 41.2 Å². The van der Waals surface area contributed by atoms with Crippen LogP contribution in [0.1, 0.15) is 17.5 Å². The molecule has 2 aromatic carbocycles. The summed E-state index contributed by atoms with van der Waals surface area (Å²) in [6.45, 7) is 0. The monoisotopic (exact) mass is 167 g/mol. The zero-order chi connectivity index (χ0) is 8.67. The molecule has 0 spiro atoms. The van der Waals surface area contributed by atoms with Crippen molar-refractivity contribution in [2.75, 3.05) is 0 Å².